The fourth-order valence-electron chi connectivity index (χ4n) is 1.55. The van der Waals surface area contributed by atoms with Crippen molar-refractivity contribution in [2.45, 2.75) is 13.3 Å². The van der Waals surface area contributed by atoms with Gasteiger partial charge < -0.3 is 15.0 Å². The molecule has 1 rings (SSSR count). The van der Waals surface area contributed by atoms with Gasteiger partial charge in [-0.3, -0.25) is 4.79 Å². The number of benzene rings is 1. The van der Waals surface area contributed by atoms with E-state index in [0.29, 0.717) is 6.54 Å². The highest BCUT2D eigenvalue weighted by Crippen LogP contribution is 2.26. The molecule has 4 nitrogen and oxygen atoms in total. The molecule has 0 atom stereocenters. The summed E-state index contributed by atoms with van der Waals surface area (Å²) in [6, 6.07) is 5.97. The summed E-state index contributed by atoms with van der Waals surface area (Å²) >= 11 is 2.29. The summed E-state index contributed by atoms with van der Waals surface area (Å²) in [5, 5.41) is 2.76. The lowest BCUT2D eigenvalue weighted by molar-refractivity contribution is -0.118. The molecule has 0 radical (unpaired) electrons. The SMILES string of the molecule is COc1ccc(N(C)/C=C/CCNC(C)=O)c(I)c1. The Morgan fingerprint density at radius 1 is 1.53 bits per heavy atom. The third-order valence-electron chi connectivity index (χ3n) is 2.55. The van der Waals surface area contributed by atoms with Gasteiger partial charge in [0, 0.05) is 24.1 Å². The zero-order valence-electron chi connectivity index (χ0n) is 11.4. The Morgan fingerprint density at radius 2 is 2.26 bits per heavy atom. The highest BCUT2D eigenvalue weighted by atomic mass is 127. The maximum Gasteiger partial charge on any atom is 0.216 e. The third-order valence-corrected chi connectivity index (χ3v) is 3.41. The summed E-state index contributed by atoms with van der Waals surface area (Å²) in [6.45, 7) is 2.19. The van der Waals surface area contributed by atoms with Gasteiger partial charge in [0.25, 0.3) is 0 Å². The zero-order chi connectivity index (χ0) is 14.3. The van der Waals surface area contributed by atoms with E-state index < -0.39 is 0 Å². The molecular weight excluding hydrogens is 355 g/mol. The average molecular weight is 374 g/mol. The molecule has 0 unspecified atom stereocenters. The standard InChI is InChI=1S/C14H19IN2O2/c1-11(18)16-8-4-5-9-17(2)14-7-6-12(19-3)10-13(14)15/h5-7,9-10H,4,8H2,1-3H3,(H,16,18)/b9-5+. The molecule has 5 heteroatoms. The molecule has 1 aromatic carbocycles. The Labute approximate surface area is 128 Å². The van der Waals surface area contributed by atoms with Crippen LogP contribution in [0, 0.1) is 3.57 Å². The van der Waals surface area contributed by atoms with Crippen LogP contribution in [0.5, 0.6) is 5.75 Å². The normalized spacial score (nSPS) is 10.5. The summed E-state index contributed by atoms with van der Waals surface area (Å²) < 4.78 is 6.31. The number of nitrogens with zero attached hydrogens (tertiary/aromatic N) is 1. The number of nitrogens with one attached hydrogen (secondary N) is 1. The Balaban J connectivity index is 2.55. The minimum Gasteiger partial charge on any atom is -0.497 e. The van der Waals surface area contributed by atoms with Crippen LogP contribution in [0.3, 0.4) is 0 Å². The van der Waals surface area contributed by atoms with Crippen LogP contribution in [0.15, 0.2) is 30.5 Å². The first-order valence-electron chi connectivity index (χ1n) is 6.02. The fourth-order valence-corrected chi connectivity index (χ4v) is 2.41. The predicted octanol–water partition coefficient (Wildman–Crippen LogP) is 2.78. The Morgan fingerprint density at radius 3 is 2.84 bits per heavy atom. The Kier molecular flexibility index (Phi) is 6.69. The molecule has 0 aromatic heterocycles. The van der Waals surface area contributed by atoms with Crippen LogP contribution < -0.4 is 15.0 Å². The lowest BCUT2D eigenvalue weighted by Gasteiger charge is -2.16. The molecule has 104 valence electrons. The molecule has 0 aliphatic carbocycles. The maximum absolute atomic E-state index is 10.7. The topological polar surface area (TPSA) is 41.6 Å². The maximum atomic E-state index is 10.7. The van der Waals surface area contributed by atoms with E-state index in [9.17, 15) is 4.79 Å². The molecule has 1 amide bonds. The molecule has 0 saturated carbocycles. The van der Waals surface area contributed by atoms with Crippen molar-refractivity contribution in [3.05, 3.63) is 34.0 Å². The van der Waals surface area contributed by atoms with E-state index in [2.05, 4.69) is 32.8 Å². The van der Waals surface area contributed by atoms with Crippen molar-refractivity contribution in [1.82, 2.24) is 5.32 Å². The number of ether oxygens (including phenoxy) is 1. The second-order valence-corrected chi connectivity index (χ2v) is 5.25. The highest BCUT2D eigenvalue weighted by molar-refractivity contribution is 14.1. The molecule has 0 spiro atoms. The van der Waals surface area contributed by atoms with Crippen molar-refractivity contribution in [2.24, 2.45) is 0 Å². The first kappa shape index (κ1) is 15.8. The highest BCUT2D eigenvalue weighted by Gasteiger charge is 2.04. The van der Waals surface area contributed by atoms with Crippen molar-refractivity contribution in [2.75, 3.05) is 25.6 Å². The molecule has 19 heavy (non-hydrogen) atoms. The van der Waals surface area contributed by atoms with E-state index in [-0.39, 0.29) is 5.91 Å². The van der Waals surface area contributed by atoms with Gasteiger partial charge in [0.2, 0.25) is 5.91 Å². The van der Waals surface area contributed by atoms with Crippen LogP contribution in [-0.4, -0.2) is 26.6 Å². The van der Waals surface area contributed by atoms with Gasteiger partial charge in [0.1, 0.15) is 5.75 Å². The third kappa shape index (κ3) is 5.50. The second-order valence-electron chi connectivity index (χ2n) is 4.08. The lowest BCUT2D eigenvalue weighted by atomic mass is 10.3. The van der Waals surface area contributed by atoms with Crippen molar-refractivity contribution in [1.29, 1.82) is 0 Å². The van der Waals surface area contributed by atoms with Gasteiger partial charge in [-0.2, -0.15) is 0 Å². The van der Waals surface area contributed by atoms with Gasteiger partial charge in [-0.1, -0.05) is 6.08 Å². The van der Waals surface area contributed by atoms with Crippen molar-refractivity contribution in [3.63, 3.8) is 0 Å². The molecule has 1 N–H and O–H groups in total. The number of methoxy groups -OCH3 is 1. The van der Waals surface area contributed by atoms with Crippen LogP contribution in [0.1, 0.15) is 13.3 Å². The van der Waals surface area contributed by atoms with E-state index in [1.54, 1.807) is 7.11 Å². The van der Waals surface area contributed by atoms with Gasteiger partial charge >= 0.3 is 0 Å². The largest absolute Gasteiger partial charge is 0.497 e. The van der Waals surface area contributed by atoms with Gasteiger partial charge in [0.15, 0.2) is 0 Å². The monoisotopic (exact) mass is 374 g/mol. The molecule has 0 fully saturated rings. The minimum atomic E-state index is 0.00598. The second kappa shape index (κ2) is 8.04. The molecule has 0 heterocycles. The van der Waals surface area contributed by atoms with E-state index in [1.165, 1.54) is 6.92 Å². The van der Waals surface area contributed by atoms with Crippen molar-refractivity contribution >= 4 is 34.2 Å². The van der Waals surface area contributed by atoms with E-state index in [4.69, 9.17) is 4.74 Å². The molecule has 0 aliphatic heterocycles. The number of hydrogen-bond acceptors (Lipinski definition) is 3. The van der Waals surface area contributed by atoms with Crippen LogP contribution >= 0.6 is 22.6 Å². The molecular formula is C14H19IN2O2. The van der Waals surface area contributed by atoms with Gasteiger partial charge in [-0.05, 0) is 53.4 Å². The number of amides is 1. The lowest BCUT2D eigenvalue weighted by Crippen LogP contribution is -2.20. The summed E-state index contributed by atoms with van der Waals surface area (Å²) in [5.41, 5.74) is 1.12. The van der Waals surface area contributed by atoms with Crippen LogP contribution in [0.4, 0.5) is 5.69 Å². The Hall–Kier alpha value is -1.24. The minimum absolute atomic E-state index is 0.00598. The summed E-state index contributed by atoms with van der Waals surface area (Å²) in [4.78, 5) is 12.8. The molecule has 1 aromatic rings. The van der Waals surface area contributed by atoms with Gasteiger partial charge in [-0.25, -0.2) is 0 Å². The fraction of sp³-hybridized carbons (Fsp3) is 0.357. The molecule has 0 saturated heterocycles. The first-order chi connectivity index (χ1) is 9.04. The molecule has 0 bridgehead atoms. The Bertz CT molecular complexity index is 461. The summed E-state index contributed by atoms with van der Waals surface area (Å²) in [5.74, 6) is 0.864. The number of rotatable bonds is 6. The number of hydrogen-bond donors (Lipinski definition) is 1. The number of carbonyl (C=O) groups excluding carboxylic acids is 1. The molecule has 0 aliphatic rings. The average Bonchev–Trinajstić information content (AvgIpc) is 2.37. The zero-order valence-corrected chi connectivity index (χ0v) is 13.6. The van der Waals surface area contributed by atoms with E-state index in [0.717, 1.165) is 21.4 Å². The van der Waals surface area contributed by atoms with Crippen molar-refractivity contribution in [3.8, 4) is 5.75 Å². The quantitative estimate of drug-likeness (QED) is 0.615. The number of halogens is 1. The van der Waals surface area contributed by atoms with E-state index >= 15 is 0 Å². The number of anilines is 1. The summed E-state index contributed by atoms with van der Waals surface area (Å²) in [7, 11) is 3.66. The van der Waals surface area contributed by atoms with Crippen molar-refractivity contribution < 1.29 is 9.53 Å². The van der Waals surface area contributed by atoms with Crippen LogP contribution in [0.25, 0.3) is 0 Å². The van der Waals surface area contributed by atoms with Crippen LogP contribution in [0.2, 0.25) is 0 Å². The van der Waals surface area contributed by atoms with Crippen LogP contribution in [-0.2, 0) is 4.79 Å². The first-order valence-corrected chi connectivity index (χ1v) is 7.10. The van der Waals surface area contributed by atoms with E-state index in [1.807, 2.05) is 37.5 Å². The summed E-state index contributed by atoms with van der Waals surface area (Å²) in [6.07, 6.45) is 4.86. The predicted molar refractivity (Wildman–Crippen MR) is 86.6 cm³/mol. The van der Waals surface area contributed by atoms with Gasteiger partial charge in [0.05, 0.1) is 12.8 Å². The van der Waals surface area contributed by atoms with Gasteiger partial charge in [-0.15, -0.1) is 0 Å². The number of carbonyl (C=O) groups is 1. The smallest absolute Gasteiger partial charge is 0.216 e.